The van der Waals surface area contributed by atoms with Crippen LogP contribution in [0.15, 0.2) is 40.9 Å². The average Bonchev–Trinajstić information content (AvgIpc) is 2.17. The number of benzene rings is 1. The van der Waals surface area contributed by atoms with Gasteiger partial charge >= 0.3 is 0 Å². The Bertz CT molecular complexity index is 462. The van der Waals surface area contributed by atoms with Gasteiger partial charge in [-0.25, -0.2) is 4.98 Å². The van der Waals surface area contributed by atoms with E-state index in [1.165, 1.54) is 0 Å². The molecule has 0 aliphatic heterocycles. The molecule has 0 aliphatic carbocycles. The van der Waals surface area contributed by atoms with Gasteiger partial charge in [-0.1, -0.05) is 39.7 Å². The van der Waals surface area contributed by atoms with E-state index in [0.717, 1.165) is 15.7 Å². The minimum atomic E-state index is 0.410. The summed E-state index contributed by atoms with van der Waals surface area (Å²) in [4.78, 5) is 4.20. The Kier molecular flexibility index (Phi) is 2.93. The lowest BCUT2D eigenvalue weighted by Crippen LogP contribution is -1.89. The molecule has 1 aromatic carbocycles. The van der Waals surface area contributed by atoms with Crippen LogP contribution in [0.25, 0.3) is 11.3 Å². The molecule has 0 spiro atoms. The quantitative estimate of drug-likeness (QED) is 0.810. The van der Waals surface area contributed by atoms with Crippen molar-refractivity contribution in [3.05, 3.63) is 46.0 Å². The number of pyridine rings is 1. The largest absolute Gasteiger partial charge is 0.399 e. The van der Waals surface area contributed by atoms with Gasteiger partial charge in [0.25, 0.3) is 0 Å². The highest BCUT2D eigenvalue weighted by Crippen LogP contribution is 2.23. The fourth-order valence-electron chi connectivity index (χ4n) is 1.29. The van der Waals surface area contributed by atoms with E-state index in [0.29, 0.717) is 10.8 Å². The predicted molar refractivity (Wildman–Crippen MR) is 66.8 cm³/mol. The van der Waals surface area contributed by atoms with Gasteiger partial charge < -0.3 is 5.73 Å². The Morgan fingerprint density at radius 3 is 2.40 bits per heavy atom. The molecule has 4 heteroatoms. The van der Waals surface area contributed by atoms with Crippen LogP contribution in [-0.4, -0.2) is 4.98 Å². The predicted octanol–water partition coefficient (Wildman–Crippen LogP) is 3.75. The molecule has 76 valence electrons. The van der Waals surface area contributed by atoms with Crippen molar-refractivity contribution in [2.75, 3.05) is 5.73 Å². The van der Waals surface area contributed by atoms with E-state index in [1.54, 1.807) is 12.1 Å². The number of hydrogen-bond donors (Lipinski definition) is 1. The molecule has 0 saturated carbocycles. The molecule has 0 radical (unpaired) electrons. The first-order chi connectivity index (χ1) is 7.15. The number of halogens is 2. The van der Waals surface area contributed by atoms with Crippen LogP contribution < -0.4 is 5.73 Å². The van der Waals surface area contributed by atoms with Gasteiger partial charge in [-0.15, -0.1) is 0 Å². The molecular formula is C11H8BrClN2. The fraction of sp³-hybridized carbons (Fsp3) is 0. The Hall–Kier alpha value is -1.06. The second kappa shape index (κ2) is 4.21. The number of nitrogens with two attached hydrogens (primary N) is 1. The van der Waals surface area contributed by atoms with Gasteiger partial charge in [-0.05, 0) is 24.3 Å². The second-order valence-electron chi connectivity index (χ2n) is 3.12. The van der Waals surface area contributed by atoms with Crippen LogP contribution in [0.2, 0.25) is 5.15 Å². The Morgan fingerprint density at radius 2 is 1.80 bits per heavy atom. The van der Waals surface area contributed by atoms with Gasteiger partial charge in [0.05, 0.1) is 5.69 Å². The summed E-state index contributed by atoms with van der Waals surface area (Å²) < 4.78 is 1.03. The van der Waals surface area contributed by atoms with Crippen LogP contribution in [0.4, 0.5) is 5.69 Å². The molecule has 15 heavy (non-hydrogen) atoms. The van der Waals surface area contributed by atoms with Crippen molar-refractivity contribution < 1.29 is 0 Å². The molecule has 2 nitrogen and oxygen atoms in total. The smallest absolute Gasteiger partial charge is 0.131 e. The summed E-state index contributed by atoms with van der Waals surface area (Å²) in [5.41, 5.74) is 8.09. The number of aromatic nitrogens is 1. The van der Waals surface area contributed by atoms with E-state index in [-0.39, 0.29) is 0 Å². The van der Waals surface area contributed by atoms with Crippen LogP contribution in [0.5, 0.6) is 0 Å². The lowest BCUT2D eigenvalue weighted by Gasteiger charge is -2.03. The van der Waals surface area contributed by atoms with Crippen molar-refractivity contribution in [2.45, 2.75) is 0 Å². The van der Waals surface area contributed by atoms with Gasteiger partial charge in [0.15, 0.2) is 0 Å². The summed E-state index contributed by atoms with van der Waals surface area (Å²) in [5.74, 6) is 0. The third kappa shape index (κ3) is 2.49. The topological polar surface area (TPSA) is 38.9 Å². The number of nitrogen functional groups attached to an aromatic ring is 1. The summed E-state index contributed by atoms with van der Waals surface area (Å²) in [6.07, 6.45) is 0. The summed E-state index contributed by atoms with van der Waals surface area (Å²) in [5, 5.41) is 0.410. The number of hydrogen-bond acceptors (Lipinski definition) is 2. The molecule has 1 aromatic heterocycles. The molecule has 0 aliphatic rings. The van der Waals surface area contributed by atoms with Crippen molar-refractivity contribution in [3.8, 4) is 11.3 Å². The fourth-order valence-corrected chi connectivity index (χ4v) is 1.77. The minimum Gasteiger partial charge on any atom is -0.399 e. The highest BCUT2D eigenvalue weighted by molar-refractivity contribution is 9.10. The molecule has 1 heterocycles. The summed E-state index contributed by atoms with van der Waals surface area (Å²) in [6, 6.07) is 11.3. The van der Waals surface area contributed by atoms with Gasteiger partial charge in [-0.3, -0.25) is 0 Å². The molecule has 0 saturated heterocycles. The van der Waals surface area contributed by atoms with Gasteiger partial charge in [0.2, 0.25) is 0 Å². The molecule has 0 bridgehead atoms. The second-order valence-corrected chi connectivity index (χ2v) is 4.42. The third-order valence-corrected chi connectivity index (χ3v) is 2.68. The van der Waals surface area contributed by atoms with Gasteiger partial charge in [0.1, 0.15) is 5.15 Å². The maximum atomic E-state index is 5.83. The van der Waals surface area contributed by atoms with Crippen molar-refractivity contribution >= 4 is 33.2 Å². The van der Waals surface area contributed by atoms with Crippen LogP contribution in [-0.2, 0) is 0 Å². The minimum absolute atomic E-state index is 0.410. The van der Waals surface area contributed by atoms with E-state index >= 15 is 0 Å². The van der Waals surface area contributed by atoms with Crippen molar-refractivity contribution in [1.29, 1.82) is 0 Å². The maximum Gasteiger partial charge on any atom is 0.131 e. The van der Waals surface area contributed by atoms with Crippen LogP contribution in [0.3, 0.4) is 0 Å². The van der Waals surface area contributed by atoms with E-state index in [4.69, 9.17) is 17.3 Å². The van der Waals surface area contributed by atoms with E-state index in [2.05, 4.69) is 20.9 Å². The van der Waals surface area contributed by atoms with Crippen molar-refractivity contribution in [1.82, 2.24) is 4.98 Å². The molecule has 2 rings (SSSR count). The summed E-state index contributed by atoms with van der Waals surface area (Å²) in [7, 11) is 0. The van der Waals surface area contributed by atoms with Gasteiger partial charge in [-0.2, -0.15) is 0 Å². The Labute approximate surface area is 101 Å². The molecule has 0 amide bonds. The first-order valence-corrected chi connectivity index (χ1v) is 5.51. The maximum absolute atomic E-state index is 5.83. The molecule has 0 atom stereocenters. The molecule has 2 aromatic rings. The van der Waals surface area contributed by atoms with Crippen molar-refractivity contribution in [2.24, 2.45) is 0 Å². The monoisotopic (exact) mass is 282 g/mol. The lowest BCUT2D eigenvalue weighted by molar-refractivity contribution is 1.33. The zero-order chi connectivity index (χ0) is 10.8. The standard InChI is InChI=1S/C11H8BrClN2/c12-8-3-1-7(2-4-8)10-5-9(14)6-11(13)15-10/h1-6H,(H2,14,15). The number of rotatable bonds is 1. The molecule has 0 unspecified atom stereocenters. The van der Waals surface area contributed by atoms with Crippen LogP contribution in [0, 0.1) is 0 Å². The number of nitrogens with zero attached hydrogens (tertiary/aromatic N) is 1. The lowest BCUT2D eigenvalue weighted by atomic mass is 10.1. The van der Waals surface area contributed by atoms with E-state index in [9.17, 15) is 0 Å². The highest BCUT2D eigenvalue weighted by atomic mass is 79.9. The summed E-state index contributed by atoms with van der Waals surface area (Å²) >= 11 is 9.21. The van der Waals surface area contributed by atoms with Crippen LogP contribution >= 0.6 is 27.5 Å². The zero-order valence-corrected chi connectivity index (χ0v) is 10.1. The molecule has 0 fully saturated rings. The Balaban J connectivity index is 2.49. The average molecular weight is 284 g/mol. The number of anilines is 1. The van der Waals surface area contributed by atoms with E-state index in [1.807, 2.05) is 24.3 Å². The third-order valence-electron chi connectivity index (χ3n) is 1.96. The van der Waals surface area contributed by atoms with E-state index < -0.39 is 0 Å². The van der Waals surface area contributed by atoms with Gasteiger partial charge in [0, 0.05) is 15.7 Å². The Morgan fingerprint density at radius 1 is 1.13 bits per heavy atom. The first-order valence-electron chi connectivity index (χ1n) is 4.34. The zero-order valence-electron chi connectivity index (χ0n) is 7.74. The SMILES string of the molecule is Nc1cc(Cl)nc(-c2ccc(Br)cc2)c1. The summed E-state index contributed by atoms with van der Waals surface area (Å²) in [6.45, 7) is 0. The normalized spacial score (nSPS) is 10.3. The first kappa shape index (κ1) is 10.5. The molecule has 2 N–H and O–H groups in total. The highest BCUT2D eigenvalue weighted by Gasteiger charge is 2.01. The molecular weight excluding hydrogens is 275 g/mol. The van der Waals surface area contributed by atoms with Crippen molar-refractivity contribution in [3.63, 3.8) is 0 Å². The van der Waals surface area contributed by atoms with Crippen LogP contribution in [0.1, 0.15) is 0 Å².